The number of aryl methyl sites for hydroxylation is 1. The number of nitrogens with zero attached hydrogens (tertiary/aromatic N) is 1. The molecule has 0 aliphatic carbocycles. The van der Waals surface area contributed by atoms with E-state index in [1.54, 1.807) is 20.9 Å². The van der Waals surface area contributed by atoms with E-state index in [4.69, 9.17) is 16.3 Å². The summed E-state index contributed by atoms with van der Waals surface area (Å²) in [6, 6.07) is 3.77. The highest BCUT2D eigenvalue weighted by atomic mass is 35.5. The van der Waals surface area contributed by atoms with E-state index in [2.05, 4.69) is 5.32 Å². The van der Waals surface area contributed by atoms with Crippen molar-refractivity contribution in [2.24, 2.45) is 7.05 Å². The van der Waals surface area contributed by atoms with Gasteiger partial charge in [-0.2, -0.15) is 0 Å². The van der Waals surface area contributed by atoms with Crippen molar-refractivity contribution in [3.8, 4) is 0 Å². The van der Waals surface area contributed by atoms with E-state index in [0.717, 1.165) is 6.07 Å². The van der Waals surface area contributed by atoms with E-state index in [1.807, 2.05) is 0 Å². The van der Waals surface area contributed by atoms with Crippen LogP contribution in [0.15, 0.2) is 24.4 Å². The molecule has 0 radical (unpaired) electrons. The van der Waals surface area contributed by atoms with Gasteiger partial charge >= 0.3 is 5.97 Å². The van der Waals surface area contributed by atoms with E-state index in [1.165, 1.54) is 22.9 Å². The molecule has 0 fully saturated rings. The quantitative estimate of drug-likeness (QED) is 0.501. The second-order valence-corrected chi connectivity index (χ2v) is 5.67. The molecule has 6 nitrogen and oxygen atoms in total. The second-order valence-electron chi connectivity index (χ2n) is 5.26. The largest absolute Gasteiger partial charge is 0.460 e. The van der Waals surface area contributed by atoms with Gasteiger partial charge in [0.15, 0.2) is 0 Å². The molecule has 0 aliphatic rings. The number of benzene rings is 1. The lowest BCUT2D eigenvalue weighted by Gasteiger charge is -2.08. The number of ketones is 1. The molecule has 1 N–H and O–H groups in total. The summed E-state index contributed by atoms with van der Waals surface area (Å²) in [6.45, 7) is 3.23. The van der Waals surface area contributed by atoms with Gasteiger partial charge in [0.05, 0.1) is 17.2 Å². The van der Waals surface area contributed by atoms with Gasteiger partial charge in [-0.15, -0.1) is 0 Å². The molecule has 0 atom stereocenters. The van der Waals surface area contributed by atoms with E-state index in [-0.39, 0.29) is 22.9 Å². The third-order valence-corrected chi connectivity index (χ3v) is 3.82. The van der Waals surface area contributed by atoms with Gasteiger partial charge < -0.3 is 14.6 Å². The highest BCUT2D eigenvalue weighted by molar-refractivity contribution is 6.41. The molecule has 8 heteroatoms. The summed E-state index contributed by atoms with van der Waals surface area (Å²) in [5.74, 6) is -2.92. The van der Waals surface area contributed by atoms with E-state index < -0.39 is 23.5 Å². The van der Waals surface area contributed by atoms with Crippen molar-refractivity contribution in [1.82, 2.24) is 4.57 Å². The van der Waals surface area contributed by atoms with Gasteiger partial charge in [0.25, 0.3) is 11.7 Å². The fraction of sp³-hybridized carbons (Fsp3) is 0.235. The lowest BCUT2D eigenvalue weighted by atomic mass is 10.1. The molecule has 0 saturated carbocycles. The zero-order chi connectivity index (χ0) is 18.7. The highest BCUT2D eigenvalue weighted by Gasteiger charge is 2.26. The van der Waals surface area contributed by atoms with Crippen LogP contribution in [0.4, 0.5) is 10.1 Å². The first-order valence-corrected chi connectivity index (χ1v) is 7.77. The zero-order valence-corrected chi connectivity index (χ0v) is 14.6. The Morgan fingerprint density at radius 1 is 1.32 bits per heavy atom. The first-order chi connectivity index (χ1) is 11.8. The Balaban J connectivity index is 2.30. The van der Waals surface area contributed by atoms with Crippen molar-refractivity contribution in [3.05, 3.63) is 52.1 Å². The number of esters is 1. The molecule has 0 aliphatic heterocycles. The first kappa shape index (κ1) is 18.7. The van der Waals surface area contributed by atoms with Crippen LogP contribution in [0.1, 0.15) is 33.3 Å². The van der Waals surface area contributed by atoms with Crippen LogP contribution in [0, 0.1) is 12.7 Å². The molecule has 0 bridgehead atoms. The van der Waals surface area contributed by atoms with Crippen LogP contribution in [0.25, 0.3) is 0 Å². The molecule has 1 aromatic heterocycles. The molecule has 0 unspecified atom stereocenters. The number of Topliss-reactive ketones (excluding diaryl/α,β-unsaturated/α-hetero) is 1. The van der Waals surface area contributed by atoms with Gasteiger partial charge in [-0.25, -0.2) is 9.18 Å². The van der Waals surface area contributed by atoms with Gasteiger partial charge in [0, 0.05) is 18.9 Å². The standard InChI is InChI=1S/C17H16ClFN2O4/c1-4-25-17(24)15(22)11-8-21(3)14(9(11)2)16(23)20-10-5-6-13(19)12(18)7-10/h5-8H,4H2,1-3H3,(H,20,23). The molecule has 1 heterocycles. The fourth-order valence-corrected chi connectivity index (χ4v) is 2.56. The number of anilines is 1. The van der Waals surface area contributed by atoms with Gasteiger partial charge in [0.2, 0.25) is 0 Å². The second kappa shape index (κ2) is 7.48. The average molecular weight is 367 g/mol. The minimum Gasteiger partial charge on any atom is -0.460 e. The van der Waals surface area contributed by atoms with Crippen molar-refractivity contribution < 1.29 is 23.5 Å². The molecule has 2 aromatic rings. The molecule has 1 aromatic carbocycles. The number of carbonyl (C=O) groups is 3. The summed E-state index contributed by atoms with van der Waals surface area (Å²) in [7, 11) is 1.57. The number of ether oxygens (including phenoxy) is 1. The van der Waals surface area contributed by atoms with Crippen molar-refractivity contribution >= 4 is 34.9 Å². The predicted octanol–water partition coefficient (Wildman–Crippen LogP) is 3.12. The lowest BCUT2D eigenvalue weighted by Crippen LogP contribution is -2.19. The number of amides is 1. The summed E-state index contributed by atoms with van der Waals surface area (Å²) < 4.78 is 19.3. The van der Waals surface area contributed by atoms with Crippen molar-refractivity contribution in [3.63, 3.8) is 0 Å². The molecule has 2 rings (SSSR count). The minimum atomic E-state index is -0.978. The molecule has 0 saturated heterocycles. The Morgan fingerprint density at radius 3 is 2.60 bits per heavy atom. The normalized spacial score (nSPS) is 10.4. The SMILES string of the molecule is CCOC(=O)C(=O)c1cn(C)c(C(=O)Nc2ccc(F)c(Cl)c2)c1C. The van der Waals surface area contributed by atoms with Crippen molar-refractivity contribution in [2.45, 2.75) is 13.8 Å². The average Bonchev–Trinajstić information content (AvgIpc) is 2.85. The molecule has 0 spiro atoms. The minimum absolute atomic E-state index is 0.0785. The Labute approximate surface area is 148 Å². The Hall–Kier alpha value is -2.67. The smallest absolute Gasteiger partial charge is 0.379 e. The van der Waals surface area contributed by atoms with Crippen LogP contribution in [0.2, 0.25) is 5.02 Å². The van der Waals surface area contributed by atoms with Crippen LogP contribution in [0.3, 0.4) is 0 Å². The molecular weight excluding hydrogens is 351 g/mol. The van der Waals surface area contributed by atoms with Gasteiger partial charge in [-0.1, -0.05) is 11.6 Å². The summed E-state index contributed by atoms with van der Waals surface area (Å²) in [6.07, 6.45) is 1.39. The summed E-state index contributed by atoms with van der Waals surface area (Å²) in [4.78, 5) is 36.2. The predicted molar refractivity (Wildman–Crippen MR) is 90.5 cm³/mol. The summed E-state index contributed by atoms with van der Waals surface area (Å²) >= 11 is 5.69. The maximum absolute atomic E-state index is 13.2. The maximum atomic E-state index is 13.2. The number of carbonyl (C=O) groups excluding carboxylic acids is 3. The zero-order valence-electron chi connectivity index (χ0n) is 13.9. The number of aromatic nitrogens is 1. The van der Waals surface area contributed by atoms with Crippen molar-refractivity contribution in [2.75, 3.05) is 11.9 Å². The van der Waals surface area contributed by atoms with E-state index >= 15 is 0 Å². The first-order valence-electron chi connectivity index (χ1n) is 7.40. The number of halogens is 2. The molecule has 1 amide bonds. The molecule has 132 valence electrons. The summed E-state index contributed by atoms with van der Waals surface area (Å²) in [5, 5.41) is 2.45. The summed E-state index contributed by atoms with van der Waals surface area (Å²) in [5.41, 5.74) is 0.915. The number of hydrogen-bond donors (Lipinski definition) is 1. The van der Waals surface area contributed by atoms with Crippen LogP contribution >= 0.6 is 11.6 Å². The third-order valence-electron chi connectivity index (χ3n) is 3.53. The number of hydrogen-bond acceptors (Lipinski definition) is 4. The van der Waals surface area contributed by atoms with Crippen LogP contribution < -0.4 is 5.32 Å². The molecule has 25 heavy (non-hydrogen) atoms. The number of nitrogens with one attached hydrogen (secondary N) is 1. The maximum Gasteiger partial charge on any atom is 0.379 e. The highest BCUT2D eigenvalue weighted by Crippen LogP contribution is 2.22. The Kier molecular flexibility index (Phi) is 5.58. The molecular formula is C17H16ClFN2O4. The third kappa shape index (κ3) is 3.88. The van der Waals surface area contributed by atoms with E-state index in [9.17, 15) is 18.8 Å². The van der Waals surface area contributed by atoms with Crippen molar-refractivity contribution in [1.29, 1.82) is 0 Å². The topological polar surface area (TPSA) is 77.4 Å². The Bertz CT molecular complexity index is 861. The van der Waals surface area contributed by atoms with Gasteiger partial charge in [-0.3, -0.25) is 9.59 Å². The van der Waals surface area contributed by atoms with Gasteiger partial charge in [-0.05, 0) is 37.6 Å². The van der Waals surface area contributed by atoms with Crippen LogP contribution in [-0.4, -0.2) is 28.8 Å². The van der Waals surface area contributed by atoms with Crippen LogP contribution in [0.5, 0.6) is 0 Å². The van der Waals surface area contributed by atoms with E-state index in [0.29, 0.717) is 11.3 Å². The Morgan fingerprint density at radius 2 is 2.00 bits per heavy atom. The van der Waals surface area contributed by atoms with Crippen LogP contribution in [-0.2, 0) is 16.6 Å². The monoisotopic (exact) mass is 366 g/mol. The lowest BCUT2D eigenvalue weighted by molar-refractivity contribution is -0.137. The number of rotatable bonds is 5. The van der Waals surface area contributed by atoms with Gasteiger partial charge in [0.1, 0.15) is 11.5 Å². The fourth-order valence-electron chi connectivity index (χ4n) is 2.38.